The van der Waals surface area contributed by atoms with E-state index in [1.165, 1.54) is 12.8 Å². The predicted octanol–water partition coefficient (Wildman–Crippen LogP) is 2.02. The first-order valence-electron chi connectivity index (χ1n) is 6.14. The molecule has 19 heavy (non-hydrogen) atoms. The highest BCUT2D eigenvalue weighted by Gasteiger charge is 2.23. The van der Waals surface area contributed by atoms with Crippen molar-refractivity contribution < 1.29 is 17.2 Å². The van der Waals surface area contributed by atoms with Crippen molar-refractivity contribution in [2.75, 3.05) is 12.3 Å². The monoisotopic (exact) mass is 290 g/mol. The third-order valence-corrected chi connectivity index (χ3v) is 4.59. The van der Waals surface area contributed by atoms with E-state index in [-0.39, 0.29) is 12.2 Å². The molecule has 0 heterocycles. The molecule has 0 unspecified atom stereocenters. The van der Waals surface area contributed by atoms with Gasteiger partial charge in [-0.15, -0.1) is 0 Å². The van der Waals surface area contributed by atoms with E-state index in [9.17, 15) is 17.2 Å². The Morgan fingerprint density at radius 3 is 2.58 bits per heavy atom. The fourth-order valence-corrected chi connectivity index (χ4v) is 3.00. The van der Waals surface area contributed by atoms with Crippen LogP contribution in [0, 0.1) is 17.6 Å². The lowest BCUT2D eigenvalue weighted by Crippen LogP contribution is -2.26. The maximum Gasteiger partial charge on any atom is 0.243 e. The van der Waals surface area contributed by atoms with Crippen molar-refractivity contribution in [3.8, 4) is 0 Å². The zero-order valence-electron chi connectivity index (χ0n) is 10.3. The molecule has 0 aromatic heterocycles. The summed E-state index contributed by atoms with van der Waals surface area (Å²) >= 11 is 0. The first-order chi connectivity index (χ1) is 8.90. The fraction of sp³-hybridized carbons (Fsp3) is 0.500. The summed E-state index contributed by atoms with van der Waals surface area (Å²) in [7, 11) is -3.98. The summed E-state index contributed by atoms with van der Waals surface area (Å²) < 4.78 is 52.4. The summed E-state index contributed by atoms with van der Waals surface area (Å²) in [6, 6.07) is 1.28. The van der Waals surface area contributed by atoms with Gasteiger partial charge >= 0.3 is 0 Å². The van der Waals surface area contributed by atoms with Gasteiger partial charge in [-0.2, -0.15) is 0 Å². The predicted molar refractivity (Wildman–Crippen MR) is 67.9 cm³/mol. The van der Waals surface area contributed by atoms with Crippen LogP contribution < -0.4 is 10.5 Å². The van der Waals surface area contributed by atoms with Crippen molar-refractivity contribution in [2.24, 2.45) is 5.92 Å². The zero-order valence-corrected chi connectivity index (χ0v) is 11.1. The maximum atomic E-state index is 13.5. The summed E-state index contributed by atoms with van der Waals surface area (Å²) in [5, 5.41) is 0. The fourth-order valence-electron chi connectivity index (χ4n) is 1.83. The molecule has 3 N–H and O–H groups in total. The number of benzene rings is 1. The Balaban J connectivity index is 2.03. The second-order valence-electron chi connectivity index (χ2n) is 4.79. The number of anilines is 1. The lowest BCUT2D eigenvalue weighted by molar-refractivity contribution is 0.541. The van der Waals surface area contributed by atoms with Crippen LogP contribution in [0.15, 0.2) is 17.0 Å². The number of hydrogen-bond acceptors (Lipinski definition) is 3. The normalized spacial score (nSPS) is 15.7. The van der Waals surface area contributed by atoms with E-state index < -0.39 is 26.6 Å². The second kappa shape index (κ2) is 5.42. The van der Waals surface area contributed by atoms with Crippen LogP contribution in [0.2, 0.25) is 0 Å². The molecule has 0 bridgehead atoms. The van der Waals surface area contributed by atoms with Crippen LogP contribution in [0.3, 0.4) is 0 Å². The van der Waals surface area contributed by atoms with E-state index in [1.54, 1.807) is 0 Å². The lowest BCUT2D eigenvalue weighted by Gasteiger charge is -2.08. The summed E-state index contributed by atoms with van der Waals surface area (Å²) in [6.07, 6.45) is 4.09. The summed E-state index contributed by atoms with van der Waals surface area (Å²) in [5.41, 5.74) is 4.87. The van der Waals surface area contributed by atoms with Crippen molar-refractivity contribution in [2.45, 2.75) is 30.6 Å². The molecule has 1 fully saturated rings. The molecule has 4 nitrogen and oxygen atoms in total. The molecule has 106 valence electrons. The van der Waals surface area contributed by atoms with E-state index in [2.05, 4.69) is 4.72 Å². The quantitative estimate of drug-likeness (QED) is 0.622. The lowest BCUT2D eigenvalue weighted by atomic mass is 10.2. The van der Waals surface area contributed by atoms with Gasteiger partial charge in [0.15, 0.2) is 0 Å². The number of halogens is 2. The van der Waals surface area contributed by atoms with E-state index >= 15 is 0 Å². The number of rotatable bonds is 6. The molecule has 7 heteroatoms. The van der Waals surface area contributed by atoms with Gasteiger partial charge in [0.25, 0.3) is 0 Å². The van der Waals surface area contributed by atoms with E-state index in [1.807, 2.05) is 0 Å². The minimum Gasteiger partial charge on any atom is -0.396 e. The summed E-state index contributed by atoms with van der Waals surface area (Å²) in [4.78, 5) is -0.613. The van der Waals surface area contributed by atoms with Crippen LogP contribution in [0.4, 0.5) is 14.5 Å². The smallest absolute Gasteiger partial charge is 0.243 e. The van der Waals surface area contributed by atoms with Crippen LogP contribution >= 0.6 is 0 Å². The molecule has 1 aliphatic carbocycles. The van der Waals surface area contributed by atoms with Gasteiger partial charge in [0.05, 0.1) is 5.69 Å². The van der Waals surface area contributed by atoms with Crippen molar-refractivity contribution in [1.82, 2.24) is 4.72 Å². The Morgan fingerprint density at radius 2 is 1.95 bits per heavy atom. The van der Waals surface area contributed by atoms with Gasteiger partial charge in [-0.05, 0) is 24.8 Å². The molecule has 0 radical (unpaired) electrons. The molecule has 0 spiro atoms. The molecule has 0 atom stereocenters. The third kappa shape index (κ3) is 3.63. The van der Waals surface area contributed by atoms with Gasteiger partial charge in [0.1, 0.15) is 16.5 Å². The Hall–Kier alpha value is -1.21. The van der Waals surface area contributed by atoms with Gasteiger partial charge < -0.3 is 5.73 Å². The molecule has 1 saturated carbocycles. The minimum absolute atomic E-state index is 0.246. The van der Waals surface area contributed by atoms with Crippen LogP contribution in [0.25, 0.3) is 0 Å². The standard InChI is InChI=1S/C12H16F2N2O2S/c13-9-6-10(14)12(7-11(9)15)19(17,18)16-5-1-2-8-3-4-8/h6-8,16H,1-5,15H2. The Labute approximate surface area is 111 Å². The molecular formula is C12H16F2N2O2S. The van der Waals surface area contributed by atoms with Crippen molar-refractivity contribution in [3.05, 3.63) is 23.8 Å². The first-order valence-corrected chi connectivity index (χ1v) is 7.62. The Kier molecular flexibility index (Phi) is 4.05. The second-order valence-corrected chi connectivity index (χ2v) is 6.52. The summed E-state index contributed by atoms with van der Waals surface area (Å²) in [5.74, 6) is -1.39. The van der Waals surface area contributed by atoms with Gasteiger partial charge in [0, 0.05) is 12.6 Å². The van der Waals surface area contributed by atoms with Crippen molar-refractivity contribution in [3.63, 3.8) is 0 Å². The number of nitrogens with one attached hydrogen (secondary N) is 1. The number of hydrogen-bond donors (Lipinski definition) is 2. The van der Waals surface area contributed by atoms with Crippen LogP contribution in [-0.2, 0) is 10.0 Å². The molecule has 1 aliphatic rings. The van der Waals surface area contributed by atoms with E-state index in [0.29, 0.717) is 18.4 Å². The van der Waals surface area contributed by atoms with Gasteiger partial charge in [-0.1, -0.05) is 12.8 Å². The molecule has 2 rings (SSSR count). The highest BCUT2D eigenvalue weighted by molar-refractivity contribution is 7.89. The number of nitrogens with two attached hydrogens (primary N) is 1. The molecular weight excluding hydrogens is 274 g/mol. The molecule has 0 saturated heterocycles. The molecule has 0 aliphatic heterocycles. The van der Waals surface area contributed by atoms with Crippen LogP contribution in [0.5, 0.6) is 0 Å². The van der Waals surface area contributed by atoms with Gasteiger partial charge in [0.2, 0.25) is 10.0 Å². The average molecular weight is 290 g/mol. The van der Waals surface area contributed by atoms with Gasteiger partial charge in [-0.3, -0.25) is 0 Å². The molecule has 0 amide bonds. The van der Waals surface area contributed by atoms with Crippen molar-refractivity contribution >= 4 is 15.7 Å². The molecule has 1 aromatic rings. The summed E-state index contributed by atoms with van der Waals surface area (Å²) in [6.45, 7) is 0.246. The largest absolute Gasteiger partial charge is 0.396 e. The topological polar surface area (TPSA) is 72.2 Å². The zero-order chi connectivity index (χ0) is 14.0. The maximum absolute atomic E-state index is 13.5. The SMILES string of the molecule is Nc1cc(S(=O)(=O)NCCCC2CC2)c(F)cc1F. The highest BCUT2D eigenvalue weighted by Crippen LogP contribution is 2.33. The number of sulfonamides is 1. The highest BCUT2D eigenvalue weighted by atomic mass is 32.2. The number of nitrogen functional groups attached to an aromatic ring is 1. The average Bonchev–Trinajstić information content (AvgIpc) is 3.13. The third-order valence-electron chi connectivity index (χ3n) is 3.12. The first kappa shape index (κ1) is 14.2. The van der Waals surface area contributed by atoms with Gasteiger partial charge in [-0.25, -0.2) is 21.9 Å². The molecule has 1 aromatic carbocycles. The van der Waals surface area contributed by atoms with E-state index in [0.717, 1.165) is 12.5 Å². The Bertz CT molecular complexity index is 571. The van der Waals surface area contributed by atoms with Crippen molar-refractivity contribution in [1.29, 1.82) is 0 Å². The minimum atomic E-state index is -3.98. The van der Waals surface area contributed by atoms with Crippen LogP contribution in [-0.4, -0.2) is 15.0 Å². The van der Waals surface area contributed by atoms with E-state index in [4.69, 9.17) is 5.73 Å². The van der Waals surface area contributed by atoms with Crippen LogP contribution in [0.1, 0.15) is 25.7 Å². The Morgan fingerprint density at radius 1 is 1.26 bits per heavy atom.